The van der Waals surface area contributed by atoms with Gasteiger partial charge in [0, 0.05) is 0 Å². The minimum absolute atomic E-state index is 0.159. The summed E-state index contributed by atoms with van der Waals surface area (Å²) in [5.41, 5.74) is 4.57. The van der Waals surface area contributed by atoms with E-state index in [1.54, 1.807) is 6.07 Å². The van der Waals surface area contributed by atoms with Gasteiger partial charge in [-0.05, 0) is 12.1 Å². The largest absolute Gasteiger partial charge is 0.480 e. The van der Waals surface area contributed by atoms with E-state index in [0.717, 1.165) is 0 Å². The molecule has 1 aromatic rings. The fraction of sp³-hybridized carbons (Fsp3) is 0.250. The third-order valence-electron chi connectivity index (χ3n) is 1.13. The average Bonchev–Trinajstić information content (AvgIpc) is 2.66. The Bertz CT molecular complexity index is 294. The number of aliphatic hydroxyl groups is 1. The molecule has 0 aromatic carbocycles. The molecule has 78 valence electrons. The standard InChI is InChI=1S/C6H6O3.C2H5NO2/c7-3-5-1-2-6(4-8)9-5;3-1-2(4)5/h1-3,8H,4H2;1,3H2,(H,4,5). The van der Waals surface area contributed by atoms with Gasteiger partial charge < -0.3 is 20.4 Å². The number of carboxylic acid groups (broad SMARTS) is 1. The van der Waals surface area contributed by atoms with Crippen molar-refractivity contribution in [2.75, 3.05) is 6.54 Å². The second-order valence-corrected chi connectivity index (χ2v) is 2.18. The Morgan fingerprint density at radius 2 is 2.14 bits per heavy atom. The first-order chi connectivity index (χ1) is 6.63. The maximum absolute atomic E-state index is 9.96. The molecule has 0 fully saturated rings. The molecular weight excluding hydrogens is 190 g/mol. The minimum atomic E-state index is -0.968. The second kappa shape index (κ2) is 6.81. The number of nitrogens with two attached hydrogens (primary N) is 1. The highest BCUT2D eigenvalue weighted by Crippen LogP contribution is 2.03. The van der Waals surface area contributed by atoms with E-state index < -0.39 is 5.97 Å². The number of carbonyl (C=O) groups excluding carboxylic acids is 1. The van der Waals surface area contributed by atoms with E-state index in [1.807, 2.05) is 0 Å². The Kier molecular flexibility index (Phi) is 6.01. The smallest absolute Gasteiger partial charge is 0.317 e. The van der Waals surface area contributed by atoms with Crippen LogP contribution in [0.4, 0.5) is 0 Å². The Morgan fingerprint density at radius 1 is 1.57 bits per heavy atom. The zero-order chi connectivity index (χ0) is 11.0. The van der Waals surface area contributed by atoms with Crippen LogP contribution >= 0.6 is 0 Å². The molecule has 1 rings (SSSR count). The van der Waals surface area contributed by atoms with Gasteiger partial charge in [-0.2, -0.15) is 0 Å². The fourth-order valence-electron chi connectivity index (χ4n) is 0.543. The highest BCUT2D eigenvalue weighted by molar-refractivity contribution is 5.70. The van der Waals surface area contributed by atoms with E-state index in [9.17, 15) is 9.59 Å². The summed E-state index contributed by atoms with van der Waals surface area (Å²) in [5.74, 6) is -0.304. The lowest BCUT2D eigenvalue weighted by atomic mass is 10.4. The first-order valence-corrected chi connectivity index (χ1v) is 3.70. The lowest BCUT2D eigenvalue weighted by Gasteiger charge is -1.82. The van der Waals surface area contributed by atoms with Crippen LogP contribution in [-0.4, -0.2) is 29.0 Å². The minimum Gasteiger partial charge on any atom is -0.480 e. The summed E-state index contributed by atoms with van der Waals surface area (Å²) in [6, 6.07) is 3.07. The molecular formula is C8H11NO5. The van der Waals surface area contributed by atoms with Crippen LogP contribution in [0.3, 0.4) is 0 Å². The van der Waals surface area contributed by atoms with Crippen molar-refractivity contribution in [1.29, 1.82) is 0 Å². The van der Waals surface area contributed by atoms with Gasteiger partial charge in [0.25, 0.3) is 0 Å². The van der Waals surface area contributed by atoms with Crippen molar-refractivity contribution in [2.45, 2.75) is 6.61 Å². The molecule has 0 unspecified atom stereocenters. The van der Waals surface area contributed by atoms with Crippen molar-refractivity contribution in [3.63, 3.8) is 0 Å². The first-order valence-electron chi connectivity index (χ1n) is 3.70. The van der Waals surface area contributed by atoms with Gasteiger partial charge in [0.1, 0.15) is 12.4 Å². The molecule has 0 radical (unpaired) electrons. The van der Waals surface area contributed by atoms with Gasteiger partial charge in [-0.1, -0.05) is 0 Å². The summed E-state index contributed by atoms with van der Waals surface area (Å²) in [5, 5.41) is 16.0. The van der Waals surface area contributed by atoms with Crippen molar-refractivity contribution in [3.8, 4) is 0 Å². The Morgan fingerprint density at radius 3 is 2.36 bits per heavy atom. The highest BCUT2D eigenvalue weighted by atomic mass is 16.4. The van der Waals surface area contributed by atoms with Gasteiger partial charge in [-0.15, -0.1) is 0 Å². The predicted molar refractivity (Wildman–Crippen MR) is 46.7 cm³/mol. The number of rotatable bonds is 3. The number of aldehydes is 1. The molecule has 6 nitrogen and oxygen atoms in total. The number of carbonyl (C=O) groups is 2. The van der Waals surface area contributed by atoms with Crippen LogP contribution in [-0.2, 0) is 11.4 Å². The molecule has 0 saturated carbocycles. The number of hydrogen-bond acceptors (Lipinski definition) is 5. The summed E-state index contributed by atoms with van der Waals surface area (Å²) in [7, 11) is 0. The number of aliphatic hydroxyl groups excluding tert-OH is 1. The Labute approximate surface area is 79.9 Å². The topological polar surface area (TPSA) is 114 Å². The molecule has 0 saturated heterocycles. The van der Waals surface area contributed by atoms with Crippen molar-refractivity contribution >= 4 is 12.3 Å². The first kappa shape index (κ1) is 12.3. The van der Waals surface area contributed by atoms with Crippen LogP contribution in [0.2, 0.25) is 0 Å². The molecule has 0 aliphatic rings. The predicted octanol–water partition coefficient (Wildman–Crippen LogP) is -0.386. The zero-order valence-electron chi connectivity index (χ0n) is 7.34. The van der Waals surface area contributed by atoms with E-state index >= 15 is 0 Å². The number of furan rings is 1. The van der Waals surface area contributed by atoms with Crippen molar-refractivity contribution in [3.05, 3.63) is 23.7 Å². The number of hydrogen-bond donors (Lipinski definition) is 3. The highest BCUT2D eigenvalue weighted by Gasteiger charge is 1.96. The van der Waals surface area contributed by atoms with E-state index in [1.165, 1.54) is 6.07 Å². The van der Waals surface area contributed by atoms with E-state index in [4.69, 9.17) is 14.6 Å². The second-order valence-electron chi connectivity index (χ2n) is 2.18. The SMILES string of the molecule is NCC(=O)O.O=Cc1ccc(CO)o1. The summed E-state index contributed by atoms with van der Waals surface area (Å²) in [6.07, 6.45) is 0.596. The van der Waals surface area contributed by atoms with Crippen LogP contribution in [0.25, 0.3) is 0 Å². The van der Waals surface area contributed by atoms with Gasteiger partial charge >= 0.3 is 5.97 Å². The number of carboxylic acids is 1. The summed E-state index contributed by atoms with van der Waals surface area (Å²) < 4.78 is 4.76. The summed E-state index contributed by atoms with van der Waals surface area (Å²) in [6.45, 7) is -0.437. The van der Waals surface area contributed by atoms with Gasteiger partial charge in [-0.3, -0.25) is 9.59 Å². The molecule has 6 heteroatoms. The Hall–Kier alpha value is -1.66. The van der Waals surface area contributed by atoms with Gasteiger partial charge in [0.2, 0.25) is 0 Å². The summed E-state index contributed by atoms with van der Waals surface area (Å²) in [4.78, 5) is 19.2. The monoisotopic (exact) mass is 201 g/mol. The molecule has 0 aliphatic heterocycles. The van der Waals surface area contributed by atoms with E-state index in [-0.39, 0.29) is 18.9 Å². The maximum atomic E-state index is 9.96. The van der Waals surface area contributed by atoms with Gasteiger partial charge in [0.15, 0.2) is 12.0 Å². The Balaban J connectivity index is 0.000000292. The van der Waals surface area contributed by atoms with Crippen molar-refractivity contribution in [1.82, 2.24) is 0 Å². The molecule has 0 atom stereocenters. The van der Waals surface area contributed by atoms with Crippen LogP contribution < -0.4 is 5.73 Å². The van der Waals surface area contributed by atoms with Crippen LogP contribution in [0.15, 0.2) is 16.5 Å². The molecule has 0 spiro atoms. The van der Waals surface area contributed by atoms with Gasteiger partial charge in [-0.25, -0.2) is 0 Å². The lowest BCUT2D eigenvalue weighted by molar-refractivity contribution is -0.135. The third-order valence-corrected chi connectivity index (χ3v) is 1.13. The lowest BCUT2D eigenvalue weighted by Crippen LogP contribution is -2.10. The molecule has 1 aromatic heterocycles. The van der Waals surface area contributed by atoms with Gasteiger partial charge in [0.05, 0.1) is 6.54 Å². The molecule has 1 heterocycles. The van der Waals surface area contributed by atoms with E-state index in [2.05, 4.69) is 5.73 Å². The zero-order valence-corrected chi connectivity index (χ0v) is 7.34. The maximum Gasteiger partial charge on any atom is 0.317 e. The molecule has 0 amide bonds. The van der Waals surface area contributed by atoms with E-state index in [0.29, 0.717) is 12.0 Å². The molecule has 4 N–H and O–H groups in total. The van der Waals surface area contributed by atoms with Crippen LogP contribution in [0, 0.1) is 0 Å². The molecule has 14 heavy (non-hydrogen) atoms. The average molecular weight is 201 g/mol. The normalized spacial score (nSPS) is 8.71. The van der Waals surface area contributed by atoms with Crippen LogP contribution in [0.1, 0.15) is 16.3 Å². The van der Waals surface area contributed by atoms with Crippen molar-refractivity contribution in [2.24, 2.45) is 5.73 Å². The van der Waals surface area contributed by atoms with Crippen LogP contribution in [0.5, 0.6) is 0 Å². The molecule has 0 aliphatic carbocycles. The fourth-order valence-corrected chi connectivity index (χ4v) is 0.543. The molecule has 0 bridgehead atoms. The summed E-state index contributed by atoms with van der Waals surface area (Å²) >= 11 is 0. The third kappa shape index (κ3) is 5.07. The number of aliphatic carboxylic acids is 1. The quantitative estimate of drug-likeness (QED) is 0.574. The van der Waals surface area contributed by atoms with Crippen molar-refractivity contribution < 1.29 is 24.2 Å².